The molecule has 476 valence electrons. The van der Waals surface area contributed by atoms with Crippen LogP contribution in [0.2, 0.25) is 0 Å². The van der Waals surface area contributed by atoms with Crippen molar-refractivity contribution >= 4 is 74.3 Å². The topological polar surface area (TPSA) is 9.72 Å². The van der Waals surface area contributed by atoms with Gasteiger partial charge >= 0.3 is 0 Å². The number of hydrogen-bond acceptors (Lipinski definition) is 3. The van der Waals surface area contributed by atoms with Crippen LogP contribution in [0.1, 0.15) is 66.8 Å². The Labute approximate surface area is 599 Å². The summed E-state index contributed by atoms with van der Waals surface area (Å²) >= 11 is 0. The molecule has 0 fully saturated rings. The van der Waals surface area contributed by atoms with Crippen molar-refractivity contribution in [1.82, 2.24) is 0 Å². The minimum absolute atomic E-state index is 0.242. The number of fused-ring (bicyclic) bond motifs is 29. The summed E-state index contributed by atoms with van der Waals surface area (Å²) in [6.07, 6.45) is 0. The molecular formula is C99H62BN3. The minimum atomic E-state index is -0.633. The summed E-state index contributed by atoms with van der Waals surface area (Å²) in [6, 6.07) is 144. The Morgan fingerprint density at radius 1 is 0.233 bits per heavy atom. The van der Waals surface area contributed by atoms with E-state index in [0.717, 1.165) is 39.8 Å². The Morgan fingerprint density at radius 2 is 0.544 bits per heavy atom. The first-order valence-electron chi connectivity index (χ1n) is 36.2. The van der Waals surface area contributed by atoms with E-state index in [9.17, 15) is 0 Å². The van der Waals surface area contributed by atoms with E-state index in [1.807, 2.05) is 0 Å². The van der Waals surface area contributed by atoms with E-state index in [2.05, 4.69) is 391 Å². The molecule has 0 amide bonds. The third kappa shape index (κ3) is 7.10. The average Bonchev–Trinajstić information content (AvgIpc) is 1.55. The summed E-state index contributed by atoms with van der Waals surface area (Å²) in [7, 11) is 0. The molecule has 0 atom stereocenters. The monoisotopic (exact) mass is 1300 g/mol. The van der Waals surface area contributed by atoms with Gasteiger partial charge < -0.3 is 14.7 Å². The second-order valence-corrected chi connectivity index (χ2v) is 28.7. The van der Waals surface area contributed by atoms with Gasteiger partial charge in [0.25, 0.3) is 6.71 Å². The highest BCUT2D eigenvalue weighted by Gasteiger charge is 2.58. The van der Waals surface area contributed by atoms with Gasteiger partial charge in [0.15, 0.2) is 0 Å². The number of anilines is 9. The first-order chi connectivity index (χ1) is 51.2. The summed E-state index contributed by atoms with van der Waals surface area (Å²) in [6.45, 7) is -0.242. The van der Waals surface area contributed by atoms with Crippen molar-refractivity contribution < 1.29 is 0 Å². The van der Waals surface area contributed by atoms with Gasteiger partial charge in [0.05, 0.1) is 27.6 Å². The Balaban J connectivity index is 0.883. The number of rotatable bonds is 7. The predicted molar refractivity (Wildman–Crippen MR) is 425 cm³/mol. The summed E-state index contributed by atoms with van der Waals surface area (Å²) in [5, 5.41) is 0. The lowest BCUT2D eigenvalue weighted by Crippen LogP contribution is -2.61. The van der Waals surface area contributed by atoms with Crippen LogP contribution < -0.4 is 31.1 Å². The van der Waals surface area contributed by atoms with Crippen LogP contribution in [0, 0.1) is 0 Å². The molecule has 23 rings (SSSR count). The van der Waals surface area contributed by atoms with Crippen LogP contribution in [0.15, 0.2) is 376 Å². The maximum absolute atomic E-state index is 2.69. The molecule has 3 nitrogen and oxygen atoms in total. The fraction of sp³-hybridized carbons (Fsp3) is 0.0303. The molecule has 16 aromatic carbocycles. The highest BCUT2D eigenvalue weighted by atomic mass is 15.2. The SMILES string of the molecule is c1ccc(N(c2cc3c4c(c2)N(c2ccccc2)c2c(ccc5c2-c2ccccc2C52c5ccccc5-c5ccccc52)B4c2ccc4c(c2N3c2ccccc2)-c2ccccc2C42c3ccccc3-c3ccccc32)c2cccc3c2-c2ccccc2C3(c2ccccc2)c2ccccc2)cc1. The van der Waals surface area contributed by atoms with Gasteiger partial charge in [0.2, 0.25) is 0 Å². The molecule has 5 aliphatic carbocycles. The zero-order valence-corrected chi connectivity index (χ0v) is 56.2. The zero-order valence-electron chi connectivity index (χ0n) is 56.2. The van der Waals surface area contributed by atoms with Crippen molar-refractivity contribution in [3.63, 3.8) is 0 Å². The molecule has 4 heteroatoms. The summed E-state index contributed by atoms with van der Waals surface area (Å²) in [4.78, 5) is 7.98. The standard InChI is InChI=1S/C99H62BN3/c1-6-31-63(32-7-1)97(64-33-8-2-9-34-64)80-52-27-20-45-73(80)91-83(97)55-30-56-88(91)101(65-35-10-3-11-36-65)68-61-89-94-90(62-68)103(67-39-14-5-15-40-67)96-87(60-58-85-93(96)75-47-22-29-54-82(75)99(85)78-50-25-18-43-71(78)72-44-19-26-51-79(72)99)100(94)86-59-57-84-92(95(86)102(89)66-37-12-4-13-38-66)74-46-21-28-53-81(74)98(84)76-48-23-16-41-69(76)70-42-17-24-49-77(70)98/h1-62H. The van der Waals surface area contributed by atoms with Crippen LogP contribution in [-0.4, -0.2) is 6.71 Å². The van der Waals surface area contributed by atoms with E-state index in [-0.39, 0.29) is 6.71 Å². The van der Waals surface area contributed by atoms with Gasteiger partial charge in [-0.2, -0.15) is 0 Å². The van der Waals surface area contributed by atoms with Gasteiger partial charge in [-0.25, -0.2) is 0 Å². The largest absolute Gasteiger partial charge is 0.311 e. The van der Waals surface area contributed by atoms with Gasteiger partial charge in [0.1, 0.15) is 0 Å². The van der Waals surface area contributed by atoms with Crippen molar-refractivity contribution in [3.05, 3.63) is 443 Å². The minimum Gasteiger partial charge on any atom is -0.311 e. The quantitative estimate of drug-likeness (QED) is 0.147. The van der Waals surface area contributed by atoms with E-state index in [1.54, 1.807) is 0 Å². The van der Waals surface area contributed by atoms with Gasteiger partial charge in [0, 0.05) is 56.5 Å². The van der Waals surface area contributed by atoms with Crippen LogP contribution in [-0.2, 0) is 16.2 Å². The summed E-state index contributed by atoms with van der Waals surface area (Å²) in [5.74, 6) is 0. The lowest BCUT2D eigenvalue weighted by atomic mass is 9.33. The maximum atomic E-state index is 2.69. The number of nitrogens with zero attached hydrogens (tertiary/aromatic N) is 3. The highest BCUT2D eigenvalue weighted by molar-refractivity contribution is 7.00. The van der Waals surface area contributed by atoms with E-state index in [0.29, 0.717) is 0 Å². The molecule has 0 saturated carbocycles. The van der Waals surface area contributed by atoms with Crippen molar-refractivity contribution in [2.45, 2.75) is 16.2 Å². The van der Waals surface area contributed by atoms with E-state index in [1.165, 1.54) is 150 Å². The Kier molecular flexibility index (Phi) is 11.6. The molecule has 2 heterocycles. The summed E-state index contributed by atoms with van der Waals surface area (Å²) < 4.78 is 0. The van der Waals surface area contributed by atoms with E-state index < -0.39 is 16.2 Å². The molecular weight excluding hydrogens is 1240 g/mol. The zero-order chi connectivity index (χ0) is 67.3. The van der Waals surface area contributed by atoms with Gasteiger partial charge in [-0.3, -0.25) is 0 Å². The second-order valence-electron chi connectivity index (χ2n) is 28.7. The van der Waals surface area contributed by atoms with Crippen LogP contribution in [0.4, 0.5) is 51.2 Å². The van der Waals surface area contributed by atoms with Gasteiger partial charge in [-0.1, -0.05) is 322 Å². The van der Waals surface area contributed by atoms with E-state index >= 15 is 0 Å². The lowest BCUT2D eigenvalue weighted by molar-refractivity contribution is 0.768. The second kappa shape index (κ2) is 21.0. The van der Waals surface area contributed by atoms with Crippen LogP contribution in [0.5, 0.6) is 0 Å². The average molecular weight is 1300 g/mol. The third-order valence-electron chi connectivity index (χ3n) is 24.3. The highest BCUT2D eigenvalue weighted by Crippen LogP contribution is 2.69. The number of para-hydroxylation sites is 3. The maximum Gasteiger partial charge on any atom is 0.252 e. The van der Waals surface area contributed by atoms with Crippen LogP contribution in [0.25, 0.3) is 55.6 Å². The molecule has 7 aliphatic rings. The van der Waals surface area contributed by atoms with Crippen LogP contribution in [0.3, 0.4) is 0 Å². The smallest absolute Gasteiger partial charge is 0.252 e. The van der Waals surface area contributed by atoms with Crippen molar-refractivity contribution in [2.75, 3.05) is 14.7 Å². The third-order valence-corrected chi connectivity index (χ3v) is 24.3. The molecule has 103 heavy (non-hydrogen) atoms. The molecule has 2 spiro atoms. The molecule has 0 aromatic heterocycles. The molecule has 0 unspecified atom stereocenters. The lowest BCUT2D eigenvalue weighted by Gasteiger charge is -2.46. The normalized spacial score (nSPS) is 14.8. The van der Waals surface area contributed by atoms with Gasteiger partial charge in [-0.15, -0.1) is 0 Å². The Morgan fingerprint density at radius 3 is 0.951 bits per heavy atom. The molecule has 0 saturated heterocycles. The number of hydrogen-bond donors (Lipinski definition) is 0. The first-order valence-corrected chi connectivity index (χ1v) is 36.2. The van der Waals surface area contributed by atoms with Crippen molar-refractivity contribution in [1.29, 1.82) is 0 Å². The fourth-order valence-corrected chi connectivity index (χ4v) is 20.8. The molecule has 0 bridgehead atoms. The van der Waals surface area contributed by atoms with Crippen molar-refractivity contribution in [3.8, 4) is 55.6 Å². The Bertz CT molecular complexity index is 5880. The summed E-state index contributed by atoms with van der Waals surface area (Å²) in [5.41, 5.74) is 40.3. The van der Waals surface area contributed by atoms with E-state index in [4.69, 9.17) is 0 Å². The van der Waals surface area contributed by atoms with Gasteiger partial charge in [-0.05, 0) is 177 Å². The Hall–Kier alpha value is -13.0. The number of benzene rings is 16. The first kappa shape index (κ1) is 56.8. The molecule has 2 aliphatic heterocycles. The van der Waals surface area contributed by atoms with Crippen LogP contribution >= 0.6 is 0 Å². The molecule has 0 N–H and O–H groups in total. The fourth-order valence-electron chi connectivity index (χ4n) is 20.8. The molecule has 0 radical (unpaired) electrons. The molecule has 16 aromatic rings. The predicted octanol–water partition coefficient (Wildman–Crippen LogP) is 22.3. The van der Waals surface area contributed by atoms with Crippen molar-refractivity contribution in [2.24, 2.45) is 0 Å².